The van der Waals surface area contributed by atoms with Gasteiger partial charge in [-0.25, -0.2) is 59.9 Å². The van der Waals surface area contributed by atoms with Crippen LogP contribution in [0.4, 0.5) is 62.7 Å². The molecule has 0 atom stereocenters. The molecule has 15 N–H and O–H groups in total. The first-order chi connectivity index (χ1) is 67.1. The molecule has 16 aromatic rings. The summed E-state index contributed by atoms with van der Waals surface area (Å²) in [6.07, 6.45) is 11.1. The summed E-state index contributed by atoms with van der Waals surface area (Å²) in [5, 5.41) is 59.0. The van der Waals surface area contributed by atoms with E-state index in [2.05, 4.69) is 107 Å². The first-order valence-electron chi connectivity index (χ1n) is 44.1. The van der Waals surface area contributed by atoms with Crippen molar-refractivity contribution in [2.45, 2.75) is 78.4 Å². The first kappa shape index (κ1) is 95.8. The Morgan fingerprint density at radius 1 is 0.453 bits per heavy atom. The third kappa shape index (κ3) is 22.6. The lowest BCUT2D eigenvalue weighted by atomic mass is 9.94. The van der Waals surface area contributed by atoms with E-state index in [-0.39, 0.29) is 64.3 Å². The number of imidazole rings is 4. The molecule has 11 heterocycles. The highest BCUT2D eigenvalue weighted by Crippen LogP contribution is 2.37. The third-order valence-corrected chi connectivity index (χ3v) is 22.7. The highest BCUT2D eigenvalue weighted by molar-refractivity contribution is 6.09. The number of aliphatic hydroxyl groups excluding tert-OH is 1. The number of aromatic amines is 8. The van der Waals surface area contributed by atoms with Gasteiger partial charge in [-0.05, 0) is 176 Å². The number of phenols is 1. The van der Waals surface area contributed by atoms with E-state index in [1.165, 1.54) is 68.0 Å². The average molecular weight is 1910 g/mol. The van der Waals surface area contributed by atoms with Crippen LogP contribution in [0.1, 0.15) is 124 Å². The van der Waals surface area contributed by atoms with Crippen molar-refractivity contribution in [2.75, 3.05) is 93.6 Å². The van der Waals surface area contributed by atoms with Crippen molar-refractivity contribution in [3.05, 3.63) is 238 Å². The Hall–Kier alpha value is -16.4. The predicted molar refractivity (Wildman–Crippen MR) is 494 cm³/mol. The number of nitrogens with zero attached hydrogens (tertiary/aromatic N) is 10. The summed E-state index contributed by atoms with van der Waals surface area (Å²) >= 11 is 0. The molecule has 6 amide bonds. The number of hydrogen-bond donors (Lipinski definition) is 15. The van der Waals surface area contributed by atoms with Crippen molar-refractivity contribution >= 4 is 103 Å². The molecule has 3 saturated heterocycles. The molecule has 0 spiro atoms. The summed E-state index contributed by atoms with van der Waals surface area (Å²) in [5.41, 5.74) is 4.31. The lowest BCUT2D eigenvalue weighted by molar-refractivity contribution is 0.0176. The number of hydrogen-bond acceptors (Lipinski definition) is 22. The molecule has 3 aliphatic rings. The van der Waals surface area contributed by atoms with Gasteiger partial charge in [-0.15, -0.1) is 0 Å². The number of benzene rings is 8. The summed E-state index contributed by atoms with van der Waals surface area (Å²) in [7, 11) is 0. The van der Waals surface area contributed by atoms with Crippen molar-refractivity contribution in [3.8, 4) is 69.1 Å². The number of morpholine rings is 1. The van der Waals surface area contributed by atoms with Crippen LogP contribution in [-0.2, 0) is 16.1 Å². The molecule has 8 aromatic carbocycles. The molecule has 19 rings (SSSR count). The number of rotatable bonds is 24. The number of aliphatic hydroxyl groups is 1. The smallest absolute Gasteiger partial charge is 0.410 e. The van der Waals surface area contributed by atoms with E-state index < -0.39 is 98.0 Å². The van der Waals surface area contributed by atoms with E-state index in [1.807, 2.05) is 64.1 Å². The lowest BCUT2D eigenvalue weighted by Crippen LogP contribution is -2.41. The van der Waals surface area contributed by atoms with Gasteiger partial charge >= 0.3 is 6.09 Å². The number of carbonyl (C=O) groups is 6. The number of fused-ring (bicyclic) bond motifs is 4. The lowest BCUT2D eigenvalue weighted by Gasteiger charge is -2.33. The second kappa shape index (κ2) is 42.7. The van der Waals surface area contributed by atoms with Crippen LogP contribution in [0.5, 0.6) is 23.0 Å². The Morgan fingerprint density at radius 2 is 0.835 bits per heavy atom. The maximum Gasteiger partial charge on any atom is 0.410 e. The van der Waals surface area contributed by atoms with E-state index in [1.54, 1.807) is 21.9 Å². The molecule has 3 aliphatic heterocycles. The van der Waals surface area contributed by atoms with Crippen molar-refractivity contribution < 1.29 is 97.8 Å². The number of aromatic hydroxyl groups is 1. The zero-order valence-electron chi connectivity index (χ0n) is 74.8. The Kier molecular flexibility index (Phi) is 29.4. The number of aromatic nitrogens is 16. The molecule has 0 bridgehead atoms. The first-order valence-corrected chi connectivity index (χ1v) is 44.1. The van der Waals surface area contributed by atoms with Gasteiger partial charge in [-0.1, -0.05) is 24.3 Å². The molecule has 3 fully saturated rings. The van der Waals surface area contributed by atoms with Crippen LogP contribution in [0.3, 0.4) is 0 Å². The minimum Gasteiger partial charge on any atom is -0.508 e. The zero-order chi connectivity index (χ0) is 97.7. The molecular weight excluding hydrogens is 1820 g/mol. The average Bonchev–Trinajstić information content (AvgIpc) is 1.62. The van der Waals surface area contributed by atoms with E-state index in [9.17, 15) is 74.1 Å². The SMILES string of the molecule is CC(C)(C)OC(=O)N1CCC(CCOc2ccc3nc(-c4[nH]ncc4NC(=O)c4c(F)cccc4F)[nH]c3c2)CC1.CCOc1cc2nc(-c3[nH]ncc3NC(=O)c3c(F)cccc3F)[nH]c2cc1C(=O)N1CCOCC1.O=C(Nc1cn[nH]c1-c1nc2c(CO)cc(O)cc2[nH]1)c1c(F)cccc1F.O=C(Nc1cn[nH]c1-c1nc2ccc(OCCC3CCNCC3)cc2[nH]1)c1c(F)cccc1F. The van der Waals surface area contributed by atoms with E-state index >= 15 is 0 Å². The highest BCUT2D eigenvalue weighted by Gasteiger charge is 2.32. The van der Waals surface area contributed by atoms with Crippen molar-refractivity contribution in [1.29, 1.82) is 0 Å². The fraction of sp³-hybridized carbons (Fsp3) is 0.263. The summed E-state index contributed by atoms with van der Waals surface area (Å²) in [4.78, 5) is 109. The number of piperidine rings is 2. The van der Waals surface area contributed by atoms with Gasteiger partial charge in [-0.3, -0.25) is 44.4 Å². The number of ether oxygens (including phenoxy) is 5. The van der Waals surface area contributed by atoms with Crippen molar-refractivity contribution in [1.82, 2.24) is 95.8 Å². The molecule has 0 unspecified atom stereocenters. The number of carbonyl (C=O) groups excluding carboxylic acids is 6. The maximum atomic E-state index is 14.0. The predicted octanol–water partition coefficient (Wildman–Crippen LogP) is 16.2. The van der Waals surface area contributed by atoms with Gasteiger partial charge in [-0.2, -0.15) is 20.4 Å². The Morgan fingerprint density at radius 3 is 1.23 bits per heavy atom. The van der Waals surface area contributed by atoms with Crippen LogP contribution in [0.25, 0.3) is 90.2 Å². The fourth-order valence-electron chi connectivity index (χ4n) is 15.8. The molecule has 36 nitrogen and oxygen atoms in total. The Labute approximate surface area is 783 Å². The van der Waals surface area contributed by atoms with Gasteiger partial charge in [0.15, 0.2) is 23.3 Å². The normalized spacial score (nSPS) is 13.5. The topological polar surface area (TPSA) is 485 Å². The number of nitrogens with one attached hydrogen (secondary N) is 13. The number of likely N-dealkylation sites (tertiary alicyclic amines) is 1. The van der Waals surface area contributed by atoms with Crippen molar-refractivity contribution in [3.63, 3.8) is 0 Å². The van der Waals surface area contributed by atoms with Gasteiger partial charge in [0, 0.05) is 56.0 Å². The van der Waals surface area contributed by atoms with Gasteiger partial charge in [0.1, 0.15) is 120 Å². The van der Waals surface area contributed by atoms with E-state index in [0.29, 0.717) is 161 Å². The highest BCUT2D eigenvalue weighted by atomic mass is 19.2. The summed E-state index contributed by atoms with van der Waals surface area (Å²) in [6, 6.07) is 30.0. The van der Waals surface area contributed by atoms with Crippen molar-refractivity contribution in [2.24, 2.45) is 11.8 Å². The van der Waals surface area contributed by atoms with Gasteiger partial charge in [0.05, 0.1) is 137 Å². The Bertz CT molecular complexity index is 7100. The van der Waals surface area contributed by atoms with E-state index in [4.69, 9.17) is 23.7 Å². The van der Waals surface area contributed by atoms with Gasteiger partial charge < -0.3 is 90.2 Å². The van der Waals surface area contributed by atoms with Gasteiger partial charge in [0.25, 0.3) is 29.5 Å². The molecule has 720 valence electrons. The number of phenolic OH excluding ortho intramolecular Hbond substituents is 1. The van der Waals surface area contributed by atoms with Crippen LogP contribution >= 0.6 is 0 Å². The zero-order valence-corrected chi connectivity index (χ0v) is 74.8. The molecule has 139 heavy (non-hydrogen) atoms. The molecule has 8 aromatic heterocycles. The largest absolute Gasteiger partial charge is 0.508 e. The summed E-state index contributed by atoms with van der Waals surface area (Å²) < 4.78 is 140. The number of H-pyrrole nitrogens is 8. The summed E-state index contributed by atoms with van der Waals surface area (Å²) in [5.74, 6) is -7.50. The molecule has 0 radical (unpaired) electrons. The minimum absolute atomic E-state index is 0.0556. The number of amides is 6. The molecule has 44 heteroatoms. The quantitative estimate of drug-likeness (QED) is 0.0250. The van der Waals surface area contributed by atoms with E-state index in [0.717, 1.165) is 105 Å². The maximum absolute atomic E-state index is 14.0. The summed E-state index contributed by atoms with van der Waals surface area (Å²) in [6.45, 7) is 14.0. The third-order valence-electron chi connectivity index (χ3n) is 22.7. The van der Waals surface area contributed by atoms with Crippen LogP contribution in [0.15, 0.2) is 158 Å². The van der Waals surface area contributed by atoms with Gasteiger partial charge in [0.2, 0.25) is 0 Å². The second-order valence-electron chi connectivity index (χ2n) is 33.3. The van der Waals surface area contributed by atoms with Crippen LogP contribution < -0.4 is 40.8 Å². The molecular formula is C95H91F8N23O13. The molecule has 0 aliphatic carbocycles. The standard InChI is InChI=1S/C29H32F2N6O4.C24H22F2N6O4.C24H24F2N6O2.C18H13F2N5O3/c1-29(2,3)41-28(39)37-12-9-17(10-13-37)11-14-40-18-7-8-21-22(15-18)34-26(33-21)25-23(16-32-36-25)35-27(38)24-19(30)5-4-6-20(24)31;1-2-36-19-11-17-16(10-13(19)24(34)32-6-8-35-9-7-32)28-22(29-17)21-18(12-27-31-21)30-23(33)20-14(25)4-3-5-15(20)26;25-16-2-1-3-17(26)21(16)24(33)31-20-13-28-32-22(20)23-29-18-5-4-15(12-19(18)30-23)34-11-8-14-6-9-27-10-7-14;19-10-2-1-3-11(20)14(10)18(28)23-13-6-21-25-16(13)17-22-12-5-9(27)4-8(7-26)15(12)24-17/h4-8,15-17H,9-14H2,1-3H3,(H,32,36)(H,33,34)(H,35,38);3-5,10-12H,2,6-9H2,1H3,(H,27,31)(H,28,29)(H,30,33);1-5,12-14,27H,6-11H2,(H,28,32)(H,29,30)(H,31,33);1-6,26-27H,7H2,(H,21,25)(H,22,24)(H,23,28). The van der Waals surface area contributed by atoms with Crippen LogP contribution in [-0.4, -0.2) is 214 Å². The minimum atomic E-state index is -0.991. The monoisotopic (exact) mass is 1910 g/mol. The van der Waals surface area contributed by atoms with Crippen LogP contribution in [0.2, 0.25) is 0 Å². The number of anilines is 4. The fourth-order valence-corrected chi connectivity index (χ4v) is 15.8. The molecule has 0 saturated carbocycles. The Balaban J connectivity index is 0.000000135. The van der Waals surface area contributed by atoms with Crippen LogP contribution in [0, 0.1) is 58.4 Å². The second-order valence-corrected chi connectivity index (χ2v) is 33.3. The number of halogens is 8.